The van der Waals surface area contributed by atoms with Crippen molar-refractivity contribution in [2.75, 3.05) is 33.9 Å². The maximum atomic E-state index is 13.4. The van der Waals surface area contributed by atoms with Crippen LogP contribution in [0.5, 0.6) is 11.5 Å². The first-order chi connectivity index (χ1) is 13.3. The van der Waals surface area contributed by atoms with Crippen molar-refractivity contribution in [3.8, 4) is 11.5 Å². The highest BCUT2D eigenvalue weighted by Crippen LogP contribution is 2.37. The van der Waals surface area contributed by atoms with Crippen LogP contribution in [0.25, 0.3) is 0 Å². The molecule has 7 nitrogen and oxygen atoms in total. The van der Waals surface area contributed by atoms with Gasteiger partial charge >= 0.3 is 0 Å². The normalized spacial score (nSPS) is 23.0. The number of hydrogen-bond donors (Lipinski definition) is 0. The van der Waals surface area contributed by atoms with Crippen molar-refractivity contribution >= 4 is 15.9 Å². The first-order valence-electron chi connectivity index (χ1n) is 9.79. The van der Waals surface area contributed by atoms with Gasteiger partial charge in [0, 0.05) is 38.2 Å². The predicted molar refractivity (Wildman–Crippen MR) is 106 cm³/mol. The molecular formula is C20H30N2O5S. The number of rotatable bonds is 6. The van der Waals surface area contributed by atoms with Gasteiger partial charge in [0.25, 0.3) is 0 Å². The molecule has 2 atom stereocenters. The van der Waals surface area contributed by atoms with E-state index in [-0.39, 0.29) is 22.8 Å². The molecule has 8 heteroatoms. The monoisotopic (exact) mass is 410 g/mol. The molecule has 28 heavy (non-hydrogen) atoms. The second-order valence-electron chi connectivity index (χ2n) is 8.00. The zero-order valence-corrected chi connectivity index (χ0v) is 17.9. The van der Waals surface area contributed by atoms with E-state index in [1.165, 1.54) is 20.3 Å². The van der Waals surface area contributed by atoms with Crippen molar-refractivity contribution in [2.24, 2.45) is 11.8 Å². The number of piperidine rings is 1. The number of benzene rings is 1. The summed E-state index contributed by atoms with van der Waals surface area (Å²) < 4.78 is 38.8. The van der Waals surface area contributed by atoms with Gasteiger partial charge in [0.05, 0.1) is 19.1 Å². The molecule has 2 heterocycles. The van der Waals surface area contributed by atoms with Crippen LogP contribution < -0.4 is 9.47 Å². The maximum absolute atomic E-state index is 13.4. The van der Waals surface area contributed by atoms with E-state index in [1.54, 1.807) is 16.4 Å². The van der Waals surface area contributed by atoms with Crippen molar-refractivity contribution < 1.29 is 22.7 Å². The van der Waals surface area contributed by atoms with Gasteiger partial charge in [-0.2, -0.15) is 4.31 Å². The zero-order valence-electron chi connectivity index (χ0n) is 17.1. The molecule has 0 radical (unpaired) electrons. The van der Waals surface area contributed by atoms with Crippen molar-refractivity contribution in [2.45, 2.75) is 44.0 Å². The summed E-state index contributed by atoms with van der Waals surface area (Å²) in [6.45, 7) is 5.64. The average molecular weight is 411 g/mol. The largest absolute Gasteiger partial charge is 0.493 e. The van der Waals surface area contributed by atoms with Gasteiger partial charge in [-0.05, 0) is 36.8 Å². The van der Waals surface area contributed by atoms with Gasteiger partial charge in [-0.25, -0.2) is 8.42 Å². The van der Waals surface area contributed by atoms with E-state index in [0.717, 1.165) is 12.8 Å². The minimum atomic E-state index is -3.69. The number of carbonyl (C=O) groups excluding carboxylic acids is 1. The van der Waals surface area contributed by atoms with E-state index >= 15 is 0 Å². The molecule has 2 saturated heterocycles. The van der Waals surface area contributed by atoms with Crippen molar-refractivity contribution in [1.29, 1.82) is 0 Å². The van der Waals surface area contributed by atoms with E-state index < -0.39 is 10.0 Å². The Hall–Kier alpha value is -1.80. The molecule has 2 aliphatic heterocycles. The molecule has 0 saturated carbocycles. The van der Waals surface area contributed by atoms with Gasteiger partial charge < -0.3 is 14.4 Å². The lowest BCUT2D eigenvalue weighted by Gasteiger charge is -2.35. The van der Waals surface area contributed by atoms with Crippen LogP contribution in [-0.4, -0.2) is 63.4 Å². The van der Waals surface area contributed by atoms with E-state index in [4.69, 9.17) is 9.47 Å². The second-order valence-corrected chi connectivity index (χ2v) is 9.89. The smallest absolute Gasteiger partial charge is 0.243 e. The van der Waals surface area contributed by atoms with Gasteiger partial charge in [0.1, 0.15) is 0 Å². The Kier molecular flexibility index (Phi) is 6.19. The summed E-state index contributed by atoms with van der Waals surface area (Å²) in [7, 11) is -0.683. The molecule has 2 fully saturated rings. The summed E-state index contributed by atoms with van der Waals surface area (Å²) in [6, 6.07) is 4.51. The van der Waals surface area contributed by atoms with Crippen LogP contribution in [0.4, 0.5) is 0 Å². The van der Waals surface area contributed by atoms with E-state index in [0.29, 0.717) is 43.5 Å². The summed E-state index contributed by atoms with van der Waals surface area (Å²) in [5, 5.41) is 0. The lowest BCUT2D eigenvalue weighted by Crippen LogP contribution is -2.48. The highest BCUT2D eigenvalue weighted by molar-refractivity contribution is 7.89. The van der Waals surface area contributed by atoms with Crippen LogP contribution in [0.15, 0.2) is 23.1 Å². The Morgan fingerprint density at radius 1 is 1.18 bits per heavy atom. The molecule has 0 spiro atoms. The molecule has 1 amide bonds. The fourth-order valence-electron chi connectivity index (χ4n) is 4.23. The van der Waals surface area contributed by atoms with Crippen LogP contribution in [-0.2, 0) is 14.8 Å². The van der Waals surface area contributed by atoms with Gasteiger partial charge in [-0.3, -0.25) is 4.79 Å². The third kappa shape index (κ3) is 3.98. The molecule has 0 unspecified atom stereocenters. The molecule has 3 rings (SSSR count). The highest BCUT2D eigenvalue weighted by Gasteiger charge is 2.45. The fraction of sp³-hybridized carbons (Fsp3) is 0.650. The molecule has 1 aromatic carbocycles. The third-order valence-corrected chi connectivity index (χ3v) is 7.55. The molecule has 0 N–H and O–H groups in total. The number of likely N-dealkylation sites (tertiary alicyclic amines) is 1. The Bertz CT molecular complexity index is 824. The number of amides is 1. The van der Waals surface area contributed by atoms with E-state index in [2.05, 4.69) is 0 Å². The van der Waals surface area contributed by atoms with Crippen molar-refractivity contribution in [3.05, 3.63) is 18.2 Å². The quantitative estimate of drug-likeness (QED) is 0.720. The molecular weight excluding hydrogens is 380 g/mol. The molecule has 0 aromatic heterocycles. The Labute approximate surface area is 167 Å². The lowest BCUT2D eigenvalue weighted by molar-refractivity contribution is -0.131. The average Bonchev–Trinajstić information content (AvgIpc) is 3.11. The summed E-state index contributed by atoms with van der Waals surface area (Å²) in [5.41, 5.74) is 0. The Morgan fingerprint density at radius 3 is 2.54 bits per heavy atom. The Balaban J connectivity index is 1.85. The SMILES string of the molecule is COc1ccc(S(=O)(=O)N2CCC[C@@H]3CN(C(=O)CC(C)C)C[C@@H]32)cc1OC. The summed E-state index contributed by atoms with van der Waals surface area (Å²) in [6.07, 6.45) is 2.26. The van der Waals surface area contributed by atoms with Gasteiger partial charge in [-0.1, -0.05) is 13.8 Å². The minimum Gasteiger partial charge on any atom is -0.493 e. The number of carbonyl (C=O) groups is 1. The standard InChI is InChI=1S/C20H30N2O5S/c1-14(2)10-20(23)21-12-15-6-5-9-22(17(15)13-21)28(24,25)16-7-8-18(26-3)19(11-16)27-4/h7-8,11,14-15,17H,5-6,9-10,12-13H2,1-4H3/t15-,17+/m1/s1. The highest BCUT2D eigenvalue weighted by atomic mass is 32.2. The Morgan fingerprint density at radius 2 is 1.89 bits per heavy atom. The lowest BCUT2D eigenvalue weighted by atomic mass is 9.94. The molecule has 156 valence electrons. The number of fused-ring (bicyclic) bond motifs is 1. The van der Waals surface area contributed by atoms with E-state index in [9.17, 15) is 13.2 Å². The summed E-state index contributed by atoms with van der Waals surface area (Å²) in [4.78, 5) is 14.5. The first-order valence-corrected chi connectivity index (χ1v) is 11.2. The summed E-state index contributed by atoms with van der Waals surface area (Å²) in [5.74, 6) is 1.48. The van der Waals surface area contributed by atoms with Crippen LogP contribution >= 0.6 is 0 Å². The number of nitrogens with zero attached hydrogens (tertiary/aromatic N) is 2. The van der Waals surface area contributed by atoms with Gasteiger partial charge in [0.15, 0.2) is 11.5 Å². The second kappa shape index (κ2) is 8.29. The van der Waals surface area contributed by atoms with Crippen LogP contribution in [0.3, 0.4) is 0 Å². The third-order valence-electron chi connectivity index (χ3n) is 5.63. The number of sulfonamides is 1. The first kappa shape index (κ1) is 20.9. The molecule has 0 bridgehead atoms. The minimum absolute atomic E-state index is 0.118. The fourth-order valence-corrected chi connectivity index (χ4v) is 5.96. The number of hydrogen-bond acceptors (Lipinski definition) is 5. The number of ether oxygens (including phenoxy) is 2. The van der Waals surface area contributed by atoms with Crippen molar-refractivity contribution in [3.63, 3.8) is 0 Å². The van der Waals surface area contributed by atoms with Crippen LogP contribution in [0.2, 0.25) is 0 Å². The van der Waals surface area contributed by atoms with Gasteiger partial charge in [-0.15, -0.1) is 0 Å². The van der Waals surface area contributed by atoms with Crippen LogP contribution in [0, 0.1) is 11.8 Å². The maximum Gasteiger partial charge on any atom is 0.243 e. The zero-order chi connectivity index (χ0) is 20.5. The molecule has 2 aliphatic rings. The molecule has 1 aromatic rings. The van der Waals surface area contributed by atoms with E-state index in [1.807, 2.05) is 18.7 Å². The predicted octanol–water partition coefficient (Wildman–Crippen LogP) is 2.36. The number of methoxy groups -OCH3 is 2. The van der Waals surface area contributed by atoms with Crippen LogP contribution in [0.1, 0.15) is 33.1 Å². The van der Waals surface area contributed by atoms with Gasteiger partial charge in [0.2, 0.25) is 15.9 Å². The summed E-state index contributed by atoms with van der Waals surface area (Å²) >= 11 is 0. The molecule has 0 aliphatic carbocycles. The topological polar surface area (TPSA) is 76.2 Å². The van der Waals surface area contributed by atoms with Crippen molar-refractivity contribution in [1.82, 2.24) is 9.21 Å².